The van der Waals surface area contributed by atoms with Gasteiger partial charge in [-0.15, -0.1) is 0 Å². The quantitative estimate of drug-likeness (QED) is 0.215. The fourth-order valence-electron chi connectivity index (χ4n) is 5.26. The number of Topliss-reactive ketones (excluding diaryl/α,β-unsaturated/α-hetero) is 1. The topological polar surface area (TPSA) is 123 Å². The van der Waals surface area contributed by atoms with Crippen molar-refractivity contribution in [3.8, 4) is 0 Å². The molecule has 11 heteroatoms. The number of hydrogen-bond acceptors (Lipinski definition) is 9. The van der Waals surface area contributed by atoms with Crippen LogP contribution in [0.1, 0.15) is 62.7 Å². The van der Waals surface area contributed by atoms with Crippen LogP contribution in [0.4, 0.5) is 0 Å². The Labute approximate surface area is 257 Å². The molecule has 0 radical (unpaired) electrons. The molecule has 0 saturated carbocycles. The highest BCUT2D eigenvalue weighted by Crippen LogP contribution is 2.10. The van der Waals surface area contributed by atoms with E-state index in [1.165, 1.54) is 7.11 Å². The third-order valence-corrected chi connectivity index (χ3v) is 8.17. The Morgan fingerprint density at radius 2 is 1.35 bits per heavy atom. The van der Waals surface area contributed by atoms with Crippen LogP contribution < -0.4 is 5.32 Å². The molecule has 1 aliphatic heterocycles. The largest absolute Gasteiger partial charge is 0.480 e. The molecule has 1 unspecified atom stereocenters. The normalized spacial score (nSPS) is 17.4. The molecular formula is C32H53N5O6. The van der Waals surface area contributed by atoms with E-state index in [0.717, 1.165) is 65.2 Å². The van der Waals surface area contributed by atoms with Gasteiger partial charge in [0.15, 0.2) is 0 Å². The van der Waals surface area contributed by atoms with Gasteiger partial charge < -0.3 is 29.9 Å². The zero-order valence-corrected chi connectivity index (χ0v) is 26.5. The Balaban J connectivity index is 1.80. The molecule has 0 bridgehead atoms. The molecule has 1 aliphatic rings. The van der Waals surface area contributed by atoms with Crippen molar-refractivity contribution in [2.45, 2.75) is 58.4 Å². The van der Waals surface area contributed by atoms with Crippen molar-refractivity contribution in [1.82, 2.24) is 24.9 Å². The summed E-state index contributed by atoms with van der Waals surface area (Å²) in [5.41, 5.74) is 0.486. The predicted molar refractivity (Wildman–Crippen MR) is 167 cm³/mol. The zero-order valence-electron chi connectivity index (χ0n) is 26.5. The van der Waals surface area contributed by atoms with Crippen LogP contribution in [0, 0.1) is 0 Å². The minimum atomic E-state index is -0.814. The van der Waals surface area contributed by atoms with Crippen molar-refractivity contribution in [3.05, 3.63) is 35.9 Å². The summed E-state index contributed by atoms with van der Waals surface area (Å²) in [5, 5.41) is 12.2. The summed E-state index contributed by atoms with van der Waals surface area (Å²) in [5.74, 6) is -1.39. The van der Waals surface area contributed by atoms with Gasteiger partial charge in [0.05, 0.1) is 13.7 Å². The number of carboxylic acid groups (broad SMARTS) is 1. The number of hydrogen-bond donors (Lipinski definition) is 2. The highest BCUT2D eigenvalue weighted by atomic mass is 16.5. The number of esters is 1. The predicted octanol–water partition coefficient (Wildman–Crippen LogP) is 2.21. The maximum absolute atomic E-state index is 12.8. The zero-order chi connectivity index (χ0) is 31.5. The molecule has 1 amide bonds. The maximum atomic E-state index is 12.8. The fraction of sp³-hybridized carbons (Fsp3) is 0.688. The highest BCUT2D eigenvalue weighted by Gasteiger charge is 2.22. The Morgan fingerprint density at radius 3 is 1.88 bits per heavy atom. The lowest BCUT2D eigenvalue weighted by molar-refractivity contribution is -0.143. The van der Waals surface area contributed by atoms with Crippen LogP contribution in [0.5, 0.6) is 0 Å². The van der Waals surface area contributed by atoms with Crippen molar-refractivity contribution < 1.29 is 29.0 Å². The van der Waals surface area contributed by atoms with Crippen LogP contribution in [-0.4, -0.2) is 140 Å². The molecule has 2 rings (SSSR count). The van der Waals surface area contributed by atoms with Crippen LogP contribution >= 0.6 is 0 Å². The first kappa shape index (κ1) is 36.3. The van der Waals surface area contributed by atoms with E-state index in [1.54, 1.807) is 24.3 Å². The minimum Gasteiger partial charge on any atom is -0.480 e. The first-order valence-electron chi connectivity index (χ1n) is 15.8. The number of aliphatic carboxylic acids is 1. The minimum absolute atomic E-state index is 0.0260. The lowest BCUT2D eigenvalue weighted by Gasteiger charge is -2.33. The standard InChI is InChI=1S/C32H53N5O6/c1-4-34-18-19-35(5-2)21-24-37(26-30(39)40)25-23-36(22-20-34)17-16-28(38)14-10-7-11-15-29(32(42)43-3)33-31(41)27-12-8-6-9-13-27/h6,8-9,12-13,29H,4-5,7,10-11,14-26H2,1-3H3,(H,33,41)(H,39,40). The van der Waals surface area contributed by atoms with Gasteiger partial charge in [0.2, 0.25) is 0 Å². The van der Waals surface area contributed by atoms with E-state index in [-0.39, 0.29) is 18.2 Å². The summed E-state index contributed by atoms with van der Waals surface area (Å²) in [6, 6.07) is 8.03. The summed E-state index contributed by atoms with van der Waals surface area (Å²) >= 11 is 0. The average molecular weight is 604 g/mol. The number of unbranched alkanes of at least 4 members (excludes halogenated alkanes) is 2. The first-order chi connectivity index (χ1) is 20.7. The molecule has 43 heavy (non-hydrogen) atoms. The number of ketones is 1. The van der Waals surface area contributed by atoms with Gasteiger partial charge in [-0.3, -0.25) is 19.3 Å². The van der Waals surface area contributed by atoms with Crippen LogP contribution in [0.15, 0.2) is 30.3 Å². The summed E-state index contributed by atoms with van der Waals surface area (Å²) in [6.45, 7) is 13.6. The number of rotatable bonds is 16. The third kappa shape index (κ3) is 14.9. The molecule has 0 spiro atoms. The Kier molecular flexibility index (Phi) is 17.7. The second kappa shape index (κ2) is 20.9. The molecule has 1 fully saturated rings. The van der Waals surface area contributed by atoms with Crippen molar-refractivity contribution in [2.24, 2.45) is 0 Å². The van der Waals surface area contributed by atoms with Gasteiger partial charge >= 0.3 is 11.9 Å². The molecule has 1 heterocycles. The van der Waals surface area contributed by atoms with Crippen molar-refractivity contribution in [1.29, 1.82) is 0 Å². The molecule has 1 atom stereocenters. The summed E-state index contributed by atoms with van der Waals surface area (Å²) in [4.78, 5) is 58.0. The van der Waals surface area contributed by atoms with Crippen molar-refractivity contribution in [2.75, 3.05) is 85.6 Å². The molecular weight excluding hydrogens is 550 g/mol. The molecule has 11 nitrogen and oxygen atoms in total. The smallest absolute Gasteiger partial charge is 0.328 e. The Bertz CT molecular complexity index is 978. The molecule has 242 valence electrons. The van der Waals surface area contributed by atoms with Gasteiger partial charge in [-0.05, 0) is 38.1 Å². The van der Waals surface area contributed by atoms with E-state index in [1.807, 2.05) is 11.0 Å². The van der Waals surface area contributed by atoms with E-state index >= 15 is 0 Å². The van der Waals surface area contributed by atoms with Crippen molar-refractivity contribution >= 4 is 23.6 Å². The first-order valence-corrected chi connectivity index (χ1v) is 15.8. The SMILES string of the molecule is CCN1CCN(CC)CCN(CC(=O)O)CCN(CCC(=O)CCCCCC(NC(=O)c2ccccc2)C(=O)OC)CC1. The molecule has 1 aromatic rings. The third-order valence-electron chi connectivity index (χ3n) is 8.17. The number of nitrogens with zero attached hydrogens (tertiary/aromatic N) is 4. The lowest BCUT2D eigenvalue weighted by Crippen LogP contribution is -2.47. The van der Waals surface area contributed by atoms with E-state index in [9.17, 15) is 24.3 Å². The van der Waals surface area contributed by atoms with Crippen LogP contribution in [-0.2, 0) is 19.1 Å². The number of benzene rings is 1. The summed E-state index contributed by atoms with van der Waals surface area (Å²) < 4.78 is 4.88. The highest BCUT2D eigenvalue weighted by molar-refractivity contribution is 5.96. The van der Waals surface area contributed by atoms with E-state index in [4.69, 9.17) is 4.74 Å². The Hall–Kier alpha value is -2.86. The summed E-state index contributed by atoms with van der Waals surface area (Å²) in [7, 11) is 1.31. The lowest BCUT2D eigenvalue weighted by atomic mass is 10.0. The summed E-state index contributed by atoms with van der Waals surface area (Å²) in [6.07, 6.45) is 3.58. The number of ether oxygens (including phenoxy) is 1. The van der Waals surface area contributed by atoms with Crippen LogP contribution in [0.25, 0.3) is 0 Å². The van der Waals surface area contributed by atoms with Crippen LogP contribution in [0.2, 0.25) is 0 Å². The van der Waals surface area contributed by atoms with E-state index in [2.05, 4.69) is 33.9 Å². The molecule has 1 saturated heterocycles. The van der Waals surface area contributed by atoms with Crippen LogP contribution in [0.3, 0.4) is 0 Å². The van der Waals surface area contributed by atoms with Gasteiger partial charge in [-0.2, -0.15) is 0 Å². The molecule has 2 N–H and O–H groups in total. The number of methoxy groups -OCH3 is 1. The number of amides is 1. The fourth-order valence-corrected chi connectivity index (χ4v) is 5.26. The van der Waals surface area contributed by atoms with Gasteiger partial charge in [-0.1, -0.05) is 44.9 Å². The van der Waals surface area contributed by atoms with Crippen molar-refractivity contribution in [3.63, 3.8) is 0 Å². The van der Waals surface area contributed by atoms with E-state index < -0.39 is 18.0 Å². The van der Waals surface area contributed by atoms with Gasteiger partial charge in [0.25, 0.3) is 5.91 Å². The number of carbonyl (C=O) groups excluding carboxylic acids is 3. The number of carbonyl (C=O) groups is 4. The average Bonchev–Trinajstić information content (AvgIpc) is 3.01. The monoisotopic (exact) mass is 603 g/mol. The molecule has 0 aliphatic carbocycles. The number of likely N-dealkylation sites (N-methyl/N-ethyl adjacent to an activating group) is 2. The van der Waals surface area contributed by atoms with E-state index in [0.29, 0.717) is 50.9 Å². The second-order valence-electron chi connectivity index (χ2n) is 11.2. The molecule has 1 aromatic carbocycles. The van der Waals surface area contributed by atoms with Gasteiger partial charge in [-0.25, -0.2) is 4.79 Å². The second-order valence-corrected chi connectivity index (χ2v) is 11.2. The molecule has 0 aromatic heterocycles. The van der Waals surface area contributed by atoms with Gasteiger partial charge in [0.1, 0.15) is 11.8 Å². The Morgan fingerprint density at radius 1 is 0.791 bits per heavy atom. The number of carboxylic acids is 1. The van der Waals surface area contributed by atoms with Gasteiger partial charge in [0, 0.05) is 77.3 Å². The number of nitrogens with one attached hydrogen (secondary N) is 1. The maximum Gasteiger partial charge on any atom is 0.328 e.